The summed E-state index contributed by atoms with van der Waals surface area (Å²) in [7, 11) is 0. The third-order valence-electron chi connectivity index (χ3n) is 3.57. The molecular formula is C18H18ClNOSe. The first-order valence-electron chi connectivity index (χ1n) is 7.17. The van der Waals surface area contributed by atoms with Crippen LogP contribution in [0.3, 0.4) is 0 Å². The second-order valence-electron chi connectivity index (χ2n) is 5.23. The maximum absolute atomic E-state index is 11.3. The third kappa shape index (κ3) is 3.86. The Morgan fingerprint density at radius 2 is 1.73 bits per heavy atom. The smallest absolute Gasteiger partial charge is 1.00 e. The van der Waals surface area contributed by atoms with Crippen LogP contribution in [0.4, 0.5) is 0 Å². The van der Waals surface area contributed by atoms with E-state index in [1.165, 1.54) is 19.9 Å². The molecular weight excluding hydrogens is 361 g/mol. The van der Waals surface area contributed by atoms with Crippen LogP contribution in [0.2, 0.25) is 0 Å². The van der Waals surface area contributed by atoms with Gasteiger partial charge in [-0.15, -0.1) is 0 Å². The fourth-order valence-electron chi connectivity index (χ4n) is 2.50. The first kappa shape index (κ1) is 17.0. The molecule has 2 aromatic carbocycles. The largest absolute Gasteiger partial charge is 1.00 e. The third-order valence-corrected chi connectivity index (χ3v) is 6.02. The number of carbonyl (C=O) groups excluding carboxylic acids is 1. The van der Waals surface area contributed by atoms with Crippen molar-refractivity contribution in [3.8, 4) is 0 Å². The standard InChI is InChI=1S/C18H18NOSe.ClH/c1-14(20)11-12-19-16-9-5-6-10-17(16)21-18(19)13-15-7-3-2-4-8-15;/h2-10H,11-13H2,1H3;1H/q+1;/p-1. The number of rotatable bonds is 5. The molecule has 2 nitrogen and oxygen atoms in total. The molecule has 0 atom stereocenters. The maximum atomic E-state index is 11.3. The minimum absolute atomic E-state index is 0. The SMILES string of the molecule is CC(=O)CC[n+]1c(Cc2ccccc2)[se]c2ccccc21.[Cl-]. The van der Waals surface area contributed by atoms with Gasteiger partial charge < -0.3 is 12.4 Å². The van der Waals surface area contributed by atoms with E-state index in [4.69, 9.17) is 0 Å². The maximum Gasteiger partial charge on any atom is -1.00 e. The topological polar surface area (TPSA) is 20.9 Å². The molecule has 0 fully saturated rings. The molecule has 0 saturated carbocycles. The van der Waals surface area contributed by atoms with Gasteiger partial charge >= 0.3 is 130 Å². The molecule has 0 unspecified atom stereocenters. The molecule has 3 rings (SSSR count). The Labute approximate surface area is 142 Å². The van der Waals surface area contributed by atoms with Crippen LogP contribution < -0.4 is 17.0 Å². The van der Waals surface area contributed by atoms with Crippen molar-refractivity contribution in [1.82, 2.24) is 0 Å². The van der Waals surface area contributed by atoms with Crippen molar-refractivity contribution in [3.63, 3.8) is 0 Å². The molecule has 0 radical (unpaired) electrons. The summed E-state index contributed by atoms with van der Waals surface area (Å²) in [6.45, 7) is 2.47. The minimum Gasteiger partial charge on any atom is -1.00 e. The summed E-state index contributed by atoms with van der Waals surface area (Å²) in [4.78, 5) is 11.3. The van der Waals surface area contributed by atoms with Gasteiger partial charge in [-0.2, -0.15) is 0 Å². The van der Waals surface area contributed by atoms with Crippen molar-refractivity contribution >= 4 is 30.1 Å². The number of Topliss-reactive ketones (excluding diaryl/α,β-unsaturated/α-hetero) is 1. The Balaban J connectivity index is 0.00000176. The van der Waals surface area contributed by atoms with Gasteiger partial charge in [0.15, 0.2) is 0 Å². The number of ketones is 1. The molecule has 0 aliphatic rings. The minimum atomic E-state index is 0. The van der Waals surface area contributed by atoms with E-state index in [1.807, 2.05) is 0 Å². The summed E-state index contributed by atoms with van der Waals surface area (Å²) >= 11 is 0.364. The number of hydrogen-bond acceptors (Lipinski definition) is 1. The molecule has 3 aromatic rings. The molecule has 0 saturated heterocycles. The Bertz CT molecular complexity index is 767. The fourth-order valence-corrected chi connectivity index (χ4v) is 5.06. The normalized spacial score (nSPS) is 10.4. The summed E-state index contributed by atoms with van der Waals surface area (Å²) in [5.41, 5.74) is 2.64. The molecule has 0 aliphatic carbocycles. The molecule has 0 bridgehead atoms. The second kappa shape index (κ2) is 7.73. The van der Waals surface area contributed by atoms with Crippen LogP contribution in [0.5, 0.6) is 0 Å². The molecule has 0 amide bonds. The van der Waals surface area contributed by atoms with Crippen molar-refractivity contribution in [2.75, 3.05) is 0 Å². The van der Waals surface area contributed by atoms with Crippen LogP contribution in [0.1, 0.15) is 23.5 Å². The first-order valence-corrected chi connectivity index (χ1v) is 8.89. The van der Waals surface area contributed by atoms with Gasteiger partial charge in [-0.1, -0.05) is 0 Å². The Morgan fingerprint density at radius 3 is 2.45 bits per heavy atom. The van der Waals surface area contributed by atoms with Gasteiger partial charge in [-0.25, -0.2) is 0 Å². The van der Waals surface area contributed by atoms with Crippen LogP contribution in [-0.4, -0.2) is 20.3 Å². The zero-order valence-corrected chi connectivity index (χ0v) is 14.9. The number of hydrogen-bond donors (Lipinski definition) is 0. The predicted molar refractivity (Wildman–Crippen MR) is 85.6 cm³/mol. The number of para-hydroxylation sites is 1. The zero-order chi connectivity index (χ0) is 14.7. The summed E-state index contributed by atoms with van der Waals surface area (Å²) in [5.74, 6) is 0.256. The average Bonchev–Trinajstić information content (AvgIpc) is 2.83. The average molecular weight is 379 g/mol. The Kier molecular flexibility index (Phi) is 5.96. The quantitative estimate of drug-likeness (QED) is 0.443. The molecule has 1 heterocycles. The van der Waals surface area contributed by atoms with Gasteiger partial charge in [-0.3, -0.25) is 0 Å². The van der Waals surface area contributed by atoms with Crippen molar-refractivity contribution in [3.05, 3.63) is 64.7 Å². The van der Waals surface area contributed by atoms with Crippen LogP contribution in [0.15, 0.2) is 54.6 Å². The first-order chi connectivity index (χ1) is 10.2. The summed E-state index contributed by atoms with van der Waals surface area (Å²) < 4.78 is 5.25. The second-order valence-corrected chi connectivity index (χ2v) is 7.57. The van der Waals surface area contributed by atoms with Gasteiger partial charge in [0, 0.05) is 0 Å². The summed E-state index contributed by atoms with van der Waals surface area (Å²) in [6, 6.07) is 19.2. The number of carbonyl (C=O) groups is 1. The summed E-state index contributed by atoms with van der Waals surface area (Å²) in [5, 5.41) is 0. The zero-order valence-electron chi connectivity index (χ0n) is 12.5. The van der Waals surface area contributed by atoms with Gasteiger partial charge in [-0.05, 0) is 0 Å². The predicted octanol–water partition coefficient (Wildman–Crippen LogP) is -0.242. The molecule has 22 heavy (non-hydrogen) atoms. The van der Waals surface area contributed by atoms with Gasteiger partial charge in [0.2, 0.25) is 0 Å². The number of aryl methyl sites for hydroxylation is 1. The number of aromatic nitrogens is 1. The van der Waals surface area contributed by atoms with Crippen LogP contribution in [-0.2, 0) is 17.8 Å². The van der Waals surface area contributed by atoms with Crippen LogP contribution >= 0.6 is 0 Å². The van der Waals surface area contributed by atoms with E-state index >= 15 is 0 Å². The van der Waals surface area contributed by atoms with Crippen molar-refractivity contribution < 1.29 is 21.8 Å². The summed E-state index contributed by atoms with van der Waals surface area (Å²) in [6.07, 6.45) is 1.59. The molecule has 1 aromatic heterocycles. The number of halogens is 1. The number of nitrogens with zero attached hydrogens (tertiary/aromatic N) is 1. The molecule has 0 spiro atoms. The van der Waals surface area contributed by atoms with E-state index in [0.717, 1.165) is 13.0 Å². The molecule has 0 aliphatic heterocycles. The fraction of sp³-hybridized carbons (Fsp3) is 0.222. The number of fused-ring (bicyclic) bond motifs is 1. The van der Waals surface area contributed by atoms with Crippen molar-refractivity contribution in [2.45, 2.75) is 26.3 Å². The number of benzene rings is 2. The van der Waals surface area contributed by atoms with E-state index < -0.39 is 0 Å². The van der Waals surface area contributed by atoms with Gasteiger partial charge in [0.1, 0.15) is 0 Å². The van der Waals surface area contributed by atoms with Gasteiger partial charge in [0.05, 0.1) is 0 Å². The van der Waals surface area contributed by atoms with Gasteiger partial charge in [0.25, 0.3) is 0 Å². The van der Waals surface area contributed by atoms with Crippen LogP contribution in [0.25, 0.3) is 9.78 Å². The van der Waals surface area contributed by atoms with E-state index in [9.17, 15) is 4.79 Å². The van der Waals surface area contributed by atoms with E-state index in [-0.39, 0.29) is 18.2 Å². The molecule has 4 heteroatoms. The van der Waals surface area contributed by atoms with Crippen molar-refractivity contribution in [1.29, 1.82) is 0 Å². The van der Waals surface area contributed by atoms with E-state index in [0.29, 0.717) is 20.9 Å². The monoisotopic (exact) mass is 379 g/mol. The van der Waals surface area contributed by atoms with Crippen molar-refractivity contribution in [2.24, 2.45) is 0 Å². The Hall–Kier alpha value is -1.41. The molecule has 0 N–H and O–H groups in total. The van der Waals surface area contributed by atoms with E-state index in [1.54, 1.807) is 6.92 Å². The Morgan fingerprint density at radius 1 is 1.05 bits per heavy atom. The van der Waals surface area contributed by atoms with Crippen LogP contribution in [0, 0.1) is 0 Å². The van der Waals surface area contributed by atoms with E-state index in [2.05, 4.69) is 59.2 Å². The molecule has 114 valence electrons.